The number of hydrogen-bond donors (Lipinski definition) is 2. The van der Waals surface area contributed by atoms with Crippen molar-refractivity contribution in [2.75, 3.05) is 19.7 Å². The minimum atomic E-state index is -3.61. The van der Waals surface area contributed by atoms with E-state index in [2.05, 4.69) is 0 Å². The summed E-state index contributed by atoms with van der Waals surface area (Å²) in [7, 11) is -3.61. The van der Waals surface area contributed by atoms with Crippen LogP contribution in [0.25, 0.3) is 0 Å². The Bertz CT molecular complexity index is 367. The summed E-state index contributed by atoms with van der Waals surface area (Å²) in [5.41, 5.74) is 0. The molecule has 0 aliphatic heterocycles. The number of aliphatic hydroxyl groups is 1. The number of aliphatic carboxylic acids is 1. The molecule has 0 heterocycles. The number of aliphatic hydroxyl groups excluding tert-OH is 1. The molecule has 2 atom stereocenters. The lowest BCUT2D eigenvalue weighted by Gasteiger charge is -2.25. The Hall–Kier alpha value is -0.660. The molecule has 1 fully saturated rings. The van der Waals surface area contributed by atoms with Crippen LogP contribution in [0.5, 0.6) is 0 Å². The number of carbonyl (C=O) groups is 1. The van der Waals surface area contributed by atoms with Crippen molar-refractivity contribution in [2.24, 2.45) is 5.92 Å². The molecular formula is C10H19NO5S. The van der Waals surface area contributed by atoms with Crippen molar-refractivity contribution < 1.29 is 23.4 Å². The van der Waals surface area contributed by atoms with E-state index >= 15 is 0 Å². The second-order valence-electron chi connectivity index (χ2n) is 4.17. The van der Waals surface area contributed by atoms with Gasteiger partial charge >= 0.3 is 5.97 Å². The summed E-state index contributed by atoms with van der Waals surface area (Å²) in [6, 6.07) is 0. The summed E-state index contributed by atoms with van der Waals surface area (Å²) >= 11 is 0. The zero-order chi connectivity index (χ0) is 13.1. The number of hydrogen-bond acceptors (Lipinski definition) is 4. The van der Waals surface area contributed by atoms with Crippen molar-refractivity contribution in [2.45, 2.75) is 31.4 Å². The highest BCUT2D eigenvalue weighted by Gasteiger charge is 2.43. The van der Waals surface area contributed by atoms with Gasteiger partial charge in [-0.05, 0) is 12.8 Å². The molecule has 7 heteroatoms. The highest BCUT2D eigenvalue weighted by atomic mass is 32.2. The van der Waals surface area contributed by atoms with E-state index in [1.807, 2.05) is 0 Å². The standard InChI is InChI=1S/C10H19NO5S/c1-2-11(6-7-12)17(15,16)9-5-3-4-8(9)10(13)14/h8-9,12H,2-7H2,1H3,(H,13,14). The molecular weight excluding hydrogens is 246 g/mol. The van der Waals surface area contributed by atoms with Crippen LogP contribution in [0.4, 0.5) is 0 Å². The molecule has 0 radical (unpaired) electrons. The van der Waals surface area contributed by atoms with Crippen LogP contribution in [0.15, 0.2) is 0 Å². The van der Waals surface area contributed by atoms with E-state index in [4.69, 9.17) is 10.2 Å². The molecule has 1 aliphatic rings. The van der Waals surface area contributed by atoms with Gasteiger partial charge in [0.15, 0.2) is 0 Å². The lowest BCUT2D eigenvalue weighted by atomic mass is 10.1. The molecule has 1 saturated carbocycles. The van der Waals surface area contributed by atoms with Crippen molar-refractivity contribution in [1.82, 2.24) is 4.31 Å². The topological polar surface area (TPSA) is 94.9 Å². The van der Waals surface area contributed by atoms with E-state index in [1.165, 1.54) is 4.31 Å². The van der Waals surface area contributed by atoms with Gasteiger partial charge in [-0.2, -0.15) is 4.31 Å². The minimum absolute atomic E-state index is 0.0294. The van der Waals surface area contributed by atoms with Crippen LogP contribution in [-0.2, 0) is 14.8 Å². The number of nitrogens with zero attached hydrogens (tertiary/aromatic N) is 1. The fourth-order valence-electron chi connectivity index (χ4n) is 2.33. The number of rotatable bonds is 6. The highest BCUT2D eigenvalue weighted by molar-refractivity contribution is 7.89. The highest BCUT2D eigenvalue weighted by Crippen LogP contribution is 2.32. The quantitative estimate of drug-likeness (QED) is 0.698. The Morgan fingerprint density at radius 2 is 2.06 bits per heavy atom. The Morgan fingerprint density at radius 1 is 1.41 bits per heavy atom. The predicted molar refractivity (Wildman–Crippen MR) is 62.0 cm³/mol. The molecule has 0 bridgehead atoms. The molecule has 100 valence electrons. The van der Waals surface area contributed by atoms with Crippen LogP contribution in [0, 0.1) is 5.92 Å². The van der Waals surface area contributed by atoms with E-state index in [0.717, 1.165) is 0 Å². The monoisotopic (exact) mass is 265 g/mol. The zero-order valence-corrected chi connectivity index (χ0v) is 10.7. The second-order valence-corrected chi connectivity index (χ2v) is 6.33. The summed E-state index contributed by atoms with van der Waals surface area (Å²) in [6.07, 6.45) is 1.43. The zero-order valence-electron chi connectivity index (χ0n) is 9.87. The Kier molecular flexibility index (Phi) is 4.91. The van der Waals surface area contributed by atoms with Gasteiger partial charge in [-0.3, -0.25) is 4.79 Å². The first kappa shape index (κ1) is 14.4. The second kappa shape index (κ2) is 5.79. The van der Waals surface area contributed by atoms with Crippen molar-refractivity contribution in [3.8, 4) is 0 Å². The summed E-state index contributed by atoms with van der Waals surface area (Å²) < 4.78 is 25.6. The molecule has 2 N–H and O–H groups in total. The molecule has 0 aromatic carbocycles. The van der Waals surface area contributed by atoms with Gasteiger partial charge < -0.3 is 10.2 Å². The fourth-order valence-corrected chi connectivity index (χ4v) is 4.54. The van der Waals surface area contributed by atoms with Crippen molar-refractivity contribution >= 4 is 16.0 Å². The van der Waals surface area contributed by atoms with Crippen LogP contribution in [0.1, 0.15) is 26.2 Å². The number of sulfonamides is 1. The lowest BCUT2D eigenvalue weighted by Crippen LogP contribution is -2.43. The summed E-state index contributed by atoms with van der Waals surface area (Å²) in [5.74, 6) is -1.86. The average molecular weight is 265 g/mol. The molecule has 2 unspecified atom stereocenters. The Morgan fingerprint density at radius 3 is 2.53 bits per heavy atom. The normalized spacial score (nSPS) is 25.4. The smallest absolute Gasteiger partial charge is 0.307 e. The first-order valence-electron chi connectivity index (χ1n) is 5.77. The average Bonchev–Trinajstić information content (AvgIpc) is 2.74. The maximum atomic E-state index is 12.2. The van der Waals surface area contributed by atoms with Crippen LogP contribution in [0.2, 0.25) is 0 Å². The molecule has 1 aliphatic carbocycles. The molecule has 6 nitrogen and oxygen atoms in total. The van der Waals surface area contributed by atoms with Gasteiger partial charge in [-0.1, -0.05) is 13.3 Å². The van der Waals surface area contributed by atoms with Gasteiger partial charge in [0.1, 0.15) is 0 Å². The van der Waals surface area contributed by atoms with E-state index in [0.29, 0.717) is 19.3 Å². The summed E-state index contributed by atoms with van der Waals surface area (Å²) in [6.45, 7) is 1.71. The predicted octanol–water partition coefficient (Wildman–Crippen LogP) is -0.116. The summed E-state index contributed by atoms with van der Waals surface area (Å²) in [5, 5.41) is 17.0. The van der Waals surface area contributed by atoms with Crippen LogP contribution < -0.4 is 0 Å². The third-order valence-electron chi connectivity index (χ3n) is 3.21. The van der Waals surface area contributed by atoms with Gasteiger partial charge in [0, 0.05) is 13.1 Å². The van der Waals surface area contributed by atoms with E-state index < -0.39 is 27.2 Å². The Balaban J connectivity index is 2.92. The van der Waals surface area contributed by atoms with Crippen LogP contribution in [0.3, 0.4) is 0 Å². The SMILES string of the molecule is CCN(CCO)S(=O)(=O)C1CCCC1C(=O)O. The van der Waals surface area contributed by atoms with Crippen molar-refractivity contribution in [3.05, 3.63) is 0 Å². The molecule has 17 heavy (non-hydrogen) atoms. The van der Waals surface area contributed by atoms with E-state index in [9.17, 15) is 13.2 Å². The third kappa shape index (κ3) is 2.97. The van der Waals surface area contributed by atoms with Crippen LogP contribution in [-0.4, -0.2) is 53.9 Å². The molecule has 0 aromatic heterocycles. The summed E-state index contributed by atoms with van der Waals surface area (Å²) in [4.78, 5) is 11.0. The first-order valence-corrected chi connectivity index (χ1v) is 7.28. The Labute approximate surface area is 101 Å². The maximum absolute atomic E-state index is 12.2. The van der Waals surface area contributed by atoms with Crippen molar-refractivity contribution in [1.29, 1.82) is 0 Å². The van der Waals surface area contributed by atoms with E-state index in [-0.39, 0.29) is 19.7 Å². The number of carboxylic acid groups (broad SMARTS) is 1. The number of carboxylic acids is 1. The molecule has 0 saturated heterocycles. The largest absolute Gasteiger partial charge is 0.481 e. The molecule has 0 aromatic rings. The van der Waals surface area contributed by atoms with Crippen LogP contribution >= 0.6 is 0 Å². The fraction of sp³-hybridized carbons (Fsp3) is 0.900. The molecule has 0 spiro atoms. The van der Waals surface area contributed by atoms with Crippen molar-refractivity contribution in [3.63, 3.8) is 0 Å². The third-order valence-corrected chi connectivity index (χ3v) is 5.70. The minimum Gasteiger partial charge on any atom is -0.481 e. The lowest BCUT2D eigenvalue weighted by molar-refractivity contribution is -0.141. The van der Waals surface area contributed by atoms with Gasteiger partial charge in [-0.25, -0.2) is 8.42 Å². The first-order chi connectivity index (χ1) is 7.95. The van der Waals surface area contributed by atoms with Gasteiger partial charge in [0.25, 0.3) is 0 Å². The van der Waals surface area contributed by atoms with Gasteiger partial charge in [0.2, 0.25) is 10.0 Å². The molecule has 1 rings (SSSR count). The molecule has 0 amide bonds. The van der Waals surface area contributed by atoms with Gasteiger partial charge in [-0.15, -0.1) is 0 Å². The maximum Gasteiger partial charge on any atom is 0.307 e. The van der Waals surface area contributed by atoms with Gasteiger partial charge in [0.05, 0.1) is 17.8 Å². The van der Waals surface area contributed by atoms with E-state index in [1.54, 1.807) is 6.92 Å². The number of likely N-dealkylation sites (N-methyl/N-ethyl adjacent to an activating group) is 1.